The normalized spacial score (nSPS) is 13.5. The van der Waals surface area contributed by atoms with Crippen molar-refractivity contribution in [1.82, 2.24) is 9.88 Å². The Bertz CT molecular complexity index is 1090. The second-order valence-electron chi connectivity index (χ2n) is 6.55. The number of benzene rings is 2. The fourth-order valence-electron chi connectivity index (χ4n) is 3.21. The third kappa shape index (κ3) is 4.40. The molecule has 1 heterocycles. The van der Waals surface area contributed by atoms with E-state index in [1.54, 1.807) is 25.1 Å². The molecule has 1 N–H and O–H groups in total. The molecule has 0 radical (unpaired) electrons. The number of halogens is 7. The van der Waals surface area contributed by atoms with Crippen LogP contribution in [0.4, 0.5) is 26.3 Å². The third-order valence-electron chi connectivity index (χ3n) is 4.57. The summed E-state index contributed by atoms with van der Waals surface area (Å²) in [4.78, 5) is 12.7. The summed E-state index contributed by atoms with van der Waals surface area (Å²) in [5.74, 6) is -1.07. The number of rotatable bonds is 4. The van der Waals surface area contributed by atoms with Gasteiger partial charge in [0.2, 0.25) is 0 Å². The largest absolute Gasteiger partial charge is 0.416 e. The van der Waals surface area contributed by atoms with Crippen LogP contribution in [0.25, 0.3) is 10.9 Å². The number of hydrogen-bond acceptors (Lipinski definition) is 1. The number of carbonyl (C=O) groups excluding carboxylic acids is 1. The number of aromatic nitrogens is 1. The number of alkyl halides is 6. The summed E-state index contributed by atoms with van der Waals surface area (Å²) in [6.07, 6.45) is -9.82. The van der Waals surface area contributed by atoms with Gasteiger partial charge in [0.25, 0.3) is 5.91 Å². The van der Waals surface area contributed by atoms with E-state index in [1.807, 2.05) is 5.32 Å². The van der Waals surface area contributed by atoms with Crippen LogP contribution in [-0.4, -0.2) is 16.7 Å². The van der Waals surface area contributed by atoms with E-state index >= 15 is 0 Å². The molecule has 1 unspecified atom stereocenters. The molecule has 0 saturated heterocycles. The monoisotopic (exact) mass is 448 g/mol. The molecular formula is C20H15ClF6N2O. The summed E-state index contributed by atoms with van der Waals surface area (Å²) < 4.78 is 81.1. The molecule has 0 aliphatic heterocycles. The van der Waals surface area contributed by atoms with Crippen molar-refractivity contribution in [2.45, 2.75) is 31.9 Å². The van der Waals surface area contributed by atoms with Crippen LogP contribution in [-0.2, 0) is 12.7 Å². The molecule has 0 spiro atoms. The zero-order valence-corrected chi connectivity index (χ0v) is 16.2. The quantitative estimate of drug-likeness (QED) is 0.462. The molecule has 3 nitrogen and oxygen atoms in total. The van der Waals surface area contributed by atoms with Crippen molar-refractivity contribution in [2.75, 3.05) is 0 Å². The summed E-state index contributed by atoms with van der Waals surface area (Å²) in [6.45, 7) is 1.97. The van der Waals surface area contributed by atoms with E-state index in [4.69, 9.17) is 11.6 Å². The number of nitrogens with zero attached hydrogens (tertiary/aromatic N) is 1. The molecule has 10 heteroatoms. The molecule has 0 aliphatic rings. The molecule has 3 rings (SSSR count). The first-order valence-electron chi connectivity index (χ1n) is 8.75. The van der Waals surface area contributed by atoms with Crippen LogP contribution < -0.4 is 5.32 Å². The highest BCUT2D eigenvalue weighted by Gasteiger charge is 2.43. The minimum absolute atomic E-state index is 0.0593. The van der Waals surface area contributed by atoms with E-state index in [0.29, 0.717) is 28.1 Å². The molecular weight excluding hydrogens is 434 g/mol. The Morgan fingerprint density at radius 3 is 2.37 bits per heavy atom. The molecule has 0 aliphatic carbocycles. The lowest BCUT2D eigenvalue weighted by atomic mass is 10.0. The third-order valence-corrected chi connectivity index (χ3v) is 4.80. The Labute approximate surface area is 172 Å². The van der Waals surface area contributed by atoms with Crippen molar-refractivity contribution in [3.05, 3.63) is 70.4 Å². The summed E-state index contributed by atoms with van der Waals surface area (Å²) >= 11 is 5.96. The highest BCUT2D eigenvalue weighted by molar-refractivity contribution is 6.31. The minimum Gasteiger partial charge on any atom is -0.337 e. The van der Waals surface area contributed by atoms with Gasteiger partial charge in [0.05, 0.1) is 11.1 Å². The number of fused-ring (bicyclic) bond motifs is 1. The molecule has 2 aromatic carbocycles. The topological polar surface area (TPSA) is 34.0 Å². The summed E-state index contributed by atoms with van der Waals surface area (Å²) in [6, 6.07) is 6.37. The first-order valence-corrected chi connectivity index (χ1v) is 9.13. The molecule has 1 atom stereocenters. The van der Waals surface area contributed by atoms with Gasteiger partial charge in [0.1, 0.15) is 5.69 Å². The maximum atomic E-state index is 13.6. The van der Waals surface area contributed by atoms with Crippen LogP contribution in [0.3, 0.4) is 0 Å². The van der Waals surface area contributed by atoms with Gasteiger partial charge >= 0.3 is 12.4 Å². The molecule has 30 heavy (non-hydrogen) atoms. The zero-order valence-electron chi connectivity index (χ0n) is 15.4. The predicted molar refractivity (Wildman–Crippen MR) is 100 cm³/mol. The average Bonchev–Trinajstić information content (AvgIpc) is 3.02. The van der Waals surface area contributed by atoms with Gasteiger partial charge in [0, 0.05) is 17.0 Å². The maximum Gasteiger partial charge on any atom is 0.416 e. The fraction of sp³-hybridized carbons (Fsp3) is 0.250. The summed E-state index contributed by atoms with van der Waals surface area (Å²) in [7, 11) is 0. The van der Waals surface area contributed by atoms with Crippen molar-refractivity contribution in [3.8, 4) is 0 Å². The van der Waals surface area contributed by atoms with Gasteiger partial charge in [0.15, 0.2) is 6.04 Å². The van der Waals surface area contributed by atoms with Crippen molar-refractivity contribution >= 4 is 28.4 Å². The lowest BCUT2D eigenvalue weighted by Gasteiger charge is -2.23. The Kier molecular flexibility index (Phi) is 5.77. The predicted octanol–water partition coefficient (Wildman–Crippen LogP) is 6.37. The van der Waals surface area contributed by atoms with Gasteiger partial charge in [-0.1, -0.05) is 29.8 Å². The first kappa shape index (κ1) is 22.0. The fourth-order valence-corrected chi connectivity index (χ4v) is 3.38. The lowest BCUT2D eigenvalue weighted by molar-refractivity contribution is -0.156. The Hall–Kier alpha value is -2.68. The lowest BCUT2D eigenvalue weighted by Crippen LogP contribution is -2.39. The number of aryl methyl sites for hydroxylation is 1. The van der Waals surface area contributed by atoms with E-state index in [9.17, 15) is 31.1 Å². The summed E-state index contributed by atoms with van der Waals surface area (Å²) in [5.41, 5.74) is -1.46. The van der Waals surface area contributed by atoms with Crippen molar-refractivity contribution in [2.24, 2.45) is 0 Å². The van der Waals surface area contributed by atoms with Gasteiger partial charge < -0.3 is 9.88 Å². The van der Waals surface area contributed by atoms with Crippen molar-refractivity contribution < 1.29 is 31.1 Å². The smallest absolute Gasteiger partial charge is 0.337 e. The highest BCUT2D eigenvalue weighted by Crippen LogP contribution is 2.36. The van der Waals surface area contributed by atoms with Crippen LogP contribution in [0.5, 0.6) is 0 Å². The molecule has 0 bridgehead atoms. The Balaban J connectivity index is 2.01. The van der Waals surface area contributed by atoms with Gasteiger partial charge in [-0.25, -0.2) is 0 Å². The van der Waals surface area contributed by atoms with E-state index < -0.39 is 35.4 Å². The number of amides is 1. The standard InChI is InChI=1S/C20H15ClF6N2O/c1-2-29-15-10-14(21)7-6-11(15)9-16(29)18(30)28-17(20(25,26)27)12-4-3-5-13(8-12)19(22,23)24/h3-10,17H,2H2,1H3,(H,28,30). The Morgan fingerprint density at radius 1 is 1.07 bits per heavy atom. The molecule has 0 saturated carbocycles. The zero-order chi connectivity index (χ0) is 22.3. The van der Waals surface area contributed by atoms with Gasteiger partial charge in [-0.2, -0.15) is 26.3 Å². The van der Waals surface area contributed by atoms with Gasteiger partial charge in [-0.15, -0.1) is 0 Å². The van der Waals surface area contributed by atoms with Crippen LogP contribution >= 0.6 is 11.6 Å². The van der Waals surface area contributed by atoms with Crippen molar-refractivity contribution in [1.29, 1.82) is 0 Å². The van der Waals surface area contributed by atoms with E-state index in [2.05, 4.69) is 0 Å². The number of hydrogen-bond donors (Lipinski definition) is 1. The maximum absolute atomic E-state index is 13.6. The van der Waals surface area contributed by atoms with Crippen LogP contribution in [0, 0.1) is 0 Å². The molecule has 160 valence electrons. The minimum atomic E-state index is -5.01. The van der Waals surface area contributed by atoms with Crippen molar-refractivity contribution in [3.63, 3.8) is 0 Å². The molecule has 1 aromatic heterocycles. The highest BCUT2D eigenvalue weighted by atomic mass is 35.5. The number of carbonyl (C=O) groups is 1. The van der Waals surface area contributed by atoms with Crippen LogP contribution in [0.1, 0.15) is 34.6 Å². The molecule has 1 amide bonds. The van der Waals surface area contributed by atoms with E-state index in [-0.39, 0.29) is 12.2 Å². The van der Waals surface area contributed by atoms with Crippen LogP contribution in [0.15, 0.2) is 48.5 Å². The van der Waals surface area contributed by atoms with Gasteiger partial charge in [-0.05, 0) is 42.8 Å². The average molecular weight is 449 g/mol. The van der Waals surface area contributed by atoms with E-state index in [0.717, 1.165) is 12.1 Å². The first-order chi connectivity index (χ1) is 13.9. The second kappa shape index (κ2) is 7.86. The number of nitrogens with one attached hydrogen (secondary N) is 1. The van der Waals surface area contributed by atoms with E-state index in [1.165, 1.54) is 10.6 Å². The SMILES string of the molecule is CCn1c(C(=O)NC(c2cccc(C(F)(F)F)c2)C(F)(F)F)cc2ccc(Cl)cc21. The molecule has 0 fully saturated rings. The van der Waals surface area contributed by atoms with Crippen LogP contribution in [0.2, 0.25) is 5.02 Å². The Morgan fingerprint density at radius 2 is 1.77 bits per heavy atom. The van der Waals surface area contributed by atoms with Gasteiger partial charge in [-0.3, -0.25) is 4.79 Å². The second-order valence-corrected chi connectivity index (χ2v) is 6.98. The summed E-state index contributed by atoms with van der Waals surface area (Å²) in [5, 5.41) is 2.81. The molecule has 3 aromatic rings.